The van der Waals surface area contributed by atoms with Crippen molar-refractivity contribution in [2.75, 3.05) is 0 Å². The number of nitrogens with one attached hydrogen (secondary N) is 1. The number of thiophene rings is 1. The van der Waals surface area contributed by atoms with Crippen molar-refractivity contribution in [3.05, 3.63) is 21.3 Å². The number of halogens is 1. The lowest BCUT2D eigenvalue weighted by Gasteiger charge is -2.14. The van der Waals surface area contributed by atoms with Crippen molar-refractivity contribution >= 4 is 22.9 Å². The molecule has 1 unspecified atom stereocenters. The first-order valence-corrected chi connectivity index (χ1v) is 6.66. The molecule has 3 N–H and O–H groups in total. The van der Waals surface area contributed by atoms with Crippen molar-refractivity contribution in [3.8, 4) is 0 Å². The maximum atomic E-state index is 5.88. The second-order valence-electron chi connectivity index (χ2n) is 3.77. The van der Waals surface area contributed by atoms with Crippen LogP contribution in [0, 0.1) is 0 Å². The first-order chi connectivity index (χ1) is 7.26. The average molecular weight is 247 g/mol. The Morgan fingerprint density at radius 1 is 1.47 bits per heavy atom. The SMILES string of the molecule is CCCCCC(Cc1ccc(Cl)s1)NN. The van der Waals surface area contributed by atoms with Gasteiger partial charge in [-0.2, -0.15) is 0 Å². The van der Waals surface area contributed by atoms with Gasteiger partial charge in [-0.05, 0) is 25.0 Å². The second-order valence-corrected chi connectivity index (χ2v) is 5.57. The van der Waals surface area contributed by atoms with Crippen LogP contribution in [0.2, 0.25) is 4.34 Å². The molecule has 4 heteroatoms. The summed E-state index contributed by atoms with van der Waals surface area (Å²) in [5.41, 5.74) is 2.88. The summed E-state index contributed by atoms with van der Waals surface area (Å²) in [5, 5.41) is 0. The highest BCUT2D eigenvalue weighted by atomic mass is 35.5. The molecule has 1 aromatic heterocycles. The highest BCUT2D eigenvalue weighted by Gasteiger charge is 2.08. The zero-order valence-corrected chi connectivity index (χ0v) is 10.7. The Bertz CT molecular complexity index is 275. The molecule has 15 heavy (non-hydrogen) atoms. The summed E-state index contributed by atoms with van der Waals surface area (Å²) < 4.78 is 0.856. The molecule has 1 atom stereocenters. The van der Waals surface area contributed by atoms with Crippen LogP contribution in [0.4, 0.5) is 0 Å². The summed E-state index contributed by atoms with van der Waals surface area (Å²) in [6.45, 7) is 2.21. The number of hydrogen-bond donors (Lipinski definition) is 2. The van der Waals surface area contributed by atoms with E-state index in [0.717, 1.165) is 17.2 Å². The van der Waals surface area contributed by atoms with Crippen LogP contribution in [0.5, 0.6) is 0 Å². The standard InChI is InChI=1S/C11H19ClN2S/c1-2-3-4-5-9(14-13)8-10-6-7-11(12)15-10/h6-7,9,14H,2-5,8,13H2,1H3. The molecule has 0 aliphatic heterocycles. The van der Waals surface area contributed by atoms with Gasteiger partial charge in [-0.3, -0.25) is 11.3 Å². The quantitative estimate of drug-likeness (QED) is 0.440. The average Bonchev–Trinajstić information content (AvgIpc) is 2.63. The summed E-state index contributed by atoms with van der Waals surface area (Å²) in [5.74, 6) is 5.53. The third-order valence-electron chi connectivity index (χ3n) is 2.47. The normalized spacial score (nSPS) is 13.0. The van der Waals surface area contributed by atoms with E-state index < -0.39 is 0 Å². The van der Waals surface area contributed by atoms with Crippen LogP contribution in [-0.2, 0) is 6.42 Å². The minimum atomic E-state index is 0.381. The monoisotopic (exact) mass is 246 g/mol. The molecule has 2 nitrogen and oxygen atoms in total. The molecule has 0 spiro atoms. The van der Waals surface area contributed by atoms with E-state index in [1.54, 1.807) is 11.3 Å². The highest BCUT2D eigenvalue weighted by Crippen LogP contribution is 2.23. The van der Waals surface area contributed by atoms with Gasteiger partial charge in [0.2, 0.25) is 0 Å². The molecule has 0 fully saturated rings. The van der Waals surface area contributed by atoms with Gasteiger partial charge in [0.05, 0.1) is 4.34 Å². The first-order valence-electron chi connectivity index (χ1n) is 5.46. The van der Waals surface area contributed by atoms with Crippen molar-refractivity contribution in [2.45, 2.75) is 45.1 Å². The topological polar surface area (TPSA) is 38.0 Å². The van der Waals surface area contributed by atoms with Gasteiger partial charge in [0.1, 0.15) is 0 Å². The van der Waals surface area contributed by atoms with Gasteiger partial charge in [0.15, 0.2) is 0 Å². The Labute approximate surface area is 101 Å². The second kappa shape index (κ2) is 7.23. The van der Waals surface area contributed by atoms with Gasteiger partial charge in [-0.15, -0.1) is 11.3 Å². The molecule has 0 amide bonds. The highest BCUT2D eigenvalue weighted by molar-refractivity contribution is 7.16. The summed E-state index contributed by atoms with van der Waals surface area (Å²) >= 11 is 7.52. The molecule has 0 aliphatic carbocycles. The van der Waals surface area contributed by atoms with Crippen LogP contribution in [-0.4, -0.2) is 6.04 Å². The van der Waals surface area contributed by atoms with Crippen LogP contribution in [0.3, 0.4) is 0 Å². The fourth-order valence-electron chi connectivity index (χ4n) is 1.59. The van der Waals surface area contributed by atoms with Crippen molar-refractivity contribution in [2.24, 2.45) is 5.84 Å². The van der Waals surface area contributed by atoms with Gasteiger partial charge < -0.3 is 0 Å². The van der Waals surface area contributed by atoms with Gasteiger partial charge in [-0.1, -0.05) is 37.8 Å². The molecule has 0 radical (unpaired) electrons. The predicted octanol–water partition coefficient (Wildman–Crippen LogP) is 3.36. The molecule has 0 saturated carbocycles. The Kier molecular flexibility index (Phi) is 6.25. The van der Waals surface area contributed by atoms with Crippen LogP contribution in [0.25, 0.3) is 0 Å². The summed E-state index contributed by atoms with van der Waals surface area (Å²) in [6, 6.07) is 4.41. The molecule has 1 rings (SSSR count). The van der Waals surface area contributed by atoms with Gasteiger partial charge in [0.25, 0.3) is 0 Å². The molecule has 1 aromatic rings. The van der Waals surface area contributed by atoms with Gasteiger partial charge in [0, 0.05) is 10.9 Å². The Balaban J connectivity index is 2.33. The summed E-state index contributed by atoms with van der Waals surface area (Å²) in [7, 11) is 0. The lowest BCUT2D eigenvalue weighted by atomic mass is 10.1. The van der Waals surface area contributed by atoms with Crippen molar-refractivity contribution in [3.63, 3.8) is 0 Å². The number of hydrazine groups is 1. The van der Waals surface area contributed by atoms with E-state index in [4.69, 9.17) is 17.4 Å². The molecule has 0 aromatic carbocycles. The molecular weight excluding hydrogens is 228 g/mol. The van der Waals surface area contributed by atoms with E-state index in [9.17, 15) is 0 Å². The Hall–Kier alpha value is -0.0900. The number of hydrogen-bond acceptors (Lipinski definition) is 3. The molecule has 0 aliphatic rings. The van der Waals surface area contributed by atoms with Gasteiger partial charge in [-0.25, -0.2) is 0 Å². The smallest absolute Gasteiger partial charge is 0.0931 e. The zero-order chi connectivity index (χ0) is 11.1. The largest absolute Gasteiger partial charge is 0.271 e. The number of unbranched alkanes of at least 4 members (excludes halogenated alkanes) is 2. The third-order valence-corrected chi connectivity index (χ3v) is 3.72. The fraction of sp³-hybridized carbons (Fsp3) is 0.636. The van der Waals surface area contributed by atoms with Crippen molar-refractivity contribution in [1.29, 1.82) is 0 Å². The lowest BCUT2D eigenvalue weighted by Crippen LogP contribution is -2.36. The Morgan fingerprint density at radius 2 is 2.27 bits per heavy atom. The van der Waals surface area contributed by atoms with E-state index >= 15 is 0 Å². The minimum absolute atomic E-state index is 0.381. The molecular formula is C11H19ClN2S. The first kappa shape index (κ1) is 13.0. The van der Waals surface area contributed by atoms with E-state index in [1.807, 2.05) is 6.07 Å². The molecule has 1 heterocycles. The van der Waals surface area contributed by atoms with E-state index in [0.29, 0.717) is 6.04 Å². The molecule has 86 valence electrons. The van der Waals surface area contributed by atoms with E-state index in [2.05, 4.69) is 18.4 Å². The minimum Gasteiger partial charge on any atom is -0.271 e. The van der Waals surface area contributed by atoms with Crippen molar-refractivity contribution in [1.82, 2.24) is 5.43 Å². The lowest BCUT2D eigenvalue weighted by molar-refractivity contribution is 0.469. The third kappa shape index (κ3) is 4.98. The van der Waals surface area contributed by atoms with Crippen LogP contribution in [0.1, 0.15) is 37.5 Å². The molecule has 0 saturated heterocycles. The molecule has 0 bridgehead atoms. The van der Waals surface area contributed by atoms with Crippen LogP contribution >= 0.6 is 22.9 Å². The number of rotatable bonds is 7. The van der Waals surface area contributed by atoms with Crippen molar-refractivity contribution < 1.29 is 0 Å². The predicted molar refractivity (Wildman–Crippen MR) is 68.3 cm³/mol. The van der Waals surface area contributed by atoms with E-state index in [1.165, 1.54) is 24.1 Å². The van der Waals surface area contributed by atoms with Crippen LogP contribution in [0.15, 0.2) is 12.1 Å². The summed E-state index contributed by atoms with van der Waals surface area (Å²) in [4.78, 5) is 1.31. The number of nitrogens with two attached hydrogens (primary N) is 1. The fourth-order valence-corrected chi connectivity index (χ4v) is 2.76. The maximum absolute atomic E-state index is 5.88. The maximum Gasteiger partial charge on any atom is 0.0931 e. The van der Waals surface area contributed by atoms with Crippen LogP contribution < -0.4 is 11.3 Å². The summed E-state index contributed by atoms with van der Waals surface area (Å²) in [6.07, 6.45) is 5.90. The van der Waals surface area contributed by atoms with Gasteiger partial charge >= 0.3 is 0 Å². The zero-order valence-electron chi connectivity index (χ0n) is 9.13. The van der Waals surface area contributed by atoms with E-state index in [-0.39, 0.29) is 0 Å². The Morgan fingerprint density at radius 3 is 2.80 bits per heavy atom.